The van der Waals surface area contributed by atoms with Gasteiger partial charge in [0.25, 0.3) is 0 Å². The van der Waals surface area contributed by atoms with Crippen LogP contribution in [0.25, 0.3) is 0 Å². The molecule has 0 radical (unpaired) electrons. The van der Waals surface area contributed by atoms with E-state index >= 15 is 0 Å². The van der Waals surface area contributed by atoms with E-state index in [1.165, 1.54) is 64.2 Å². The topological polar surface area (TPSA) is 21.3 Å². The molecule has 4 fully saturated rings. The molecular formula is C32H55NO. The van der Waals surface area contributed by atoms with E-state index in [2.05, 4.69) is 66.9 Å². The largest absolute Gasteiger partial charge is 0.384 e. The number of nitrogens with one attached hydrogen (secondary N) is 1. The number of methoxy groups -OCH3 is 1. The summed E-state index contributed by atoms with van der Waals surface area (Å²) in [5.74, 6) is 2.36. The van der Waals surface area contributed by atoms with Gasteiger partial charge in [-0.25, -0.2) is 0 Å². The highest BCUT2D eigenvalue weighted by Crippen LogP contribution is 2.75. The second-order valence-corrected chi connectivity index (χ2v) is 15.7. The Bertz CT molecular complexity index is 842. The van der Waals surface area contributed by atoms with Gasteiger partial charge in [0.2, 0.25) is 0 Å². The predicted molar refractivity (Wildman–Crippen MR) is 144 cm³/mol. The van der Waals surface area contributed by atoms with Crippen molar-refractivity contribution in [2.45, 2.75) is 119 Å². The molecule has 0 bridgehead atoms. The zero-order valence-corrected chi connectivity index (χ0v) is 24.1. The Hall–Kier alpha value is -0.340. The van der Waals surface area contributed by atoms with Crippen LogP contribution in [0.1, 0.15) is 113 Å². The average molecular weight is 470 g/mol. The molecule has 0 spiro atoms. The van der Waals surface area contributed by atoms with E-state index in [4.69, 9.17) is 4.74 Å². The van der Waals surface area contributed by atoms with Crippen LogP contribution in [0, 0.1) is 50.2 Å². The van der Waals surface area contributed by atoms with Crippen molar-refractivity contribution in [2.75, 3.05) is 20.8 Å². The summed E-state index contributed by atoms with van der Waals surface area (Å²) in [5, 5.41) is 3.71. The molecule has 4 saturated carbocycles. The second-order valence-electron chi connectivity index (χ2n) is 15.7. The van der Waals surface area contributed by atoms with Gasteiger partial charge in [-0.2, -0.15) is 0 Å². The fraction of sp³-hybridized carbons (Fsp3) is 0.938. The van der Waals surface area contributed by atoms with Crippen LogP contribution in [0.5, 0.6) is 0 Å². The minimum absolute atomic E-state index is 0.350. The molecule has 0 saturated heterocycles. The number of hydrogen-bond acceptors (Lipinski definition) is 2. The van der Waals surface area contributed by atoms with Gasteiger partial charge in [0.1, 0.15) is 0 Å². The molecule has 2 nitrogen and oxygen atoms in total. The smallest absolute Gasteiger partial charge is 0.0524 e. The first-order valence-corrected chi connectivity index (χ1v) is 14.7. The molecule has 8 atom stereocenters. The van der Waals surface area contributed by atoms with Crippen LogP contribution in [0.2, 0.25) is 0 Å². The second kappa shape index (κ2) is 7.83. The van der Waals surface area contributed by atoms with E-state index in [-0.39, 0.29) is 0 Å². The van der Waals surface area contributed by atoms with Crippen LogP contribution in [-0.4, -0.2) is 26.8 Å². The molecule has 0 aliphatic heterocycles. The third kappa shape index (κ3) is 3.19. The van der Waals surface area contributed by atoms with Crippen LogP contribution in [0.15, 0.2) is 11.6 Å². The lowest BCUT2D eigenvalue weighted by atomic mass is 9.33. The standard InChI is InChI=1S/C32H55NO/c1-27(2)16-18-32(21-34-9)19-17-30(6)22(23(32)20-27)10-11-25-29(5)14-13-26(33-8)28(3,4)24(29)12-15-31(25,30)7/h10,23-26,33H,11-21H2,1-9H3/t23?,24?,25?,26-,29+,30-,31-,32-/m1/s1. The SMILES string of the molecule is CN[C@@H]1CC[C@@]2(C)C(CC[C@]3(C)C2CC=C2C4CC(C)(C)CC[C@]4(COC)CC[C@]23C)C1(C)C. The lowest BCUT2D eigenvalue weighted by Gasteiger charge is -2.71. The van der Waals surface area contributed by atoms with E-state index in [0.717, 1.165) is 24.4 Å². The molecule has 3 unspecified atom stereocenters. The van der Waals surface area contributed by atoms with Crippen molar-refractivity contribution in [1.82, 2.24) is 5.32 Å². The van der Waals surface area contributed by atoms with Gasteiger partial charge in [0.15, 0.2) is 0 Å². The summed E-state index contributed by atoms with van der Waals surface area (Å²) in [6.45, 7) is 19.4. The maximum Gasteiger partial charge on any atom is 0.0524 e. The summed E-state index contributed by atoms with van der Waals surface area (Å²) in [4.78, 5) is 0. The fourth-order valence-electron chi connectivity index (χ4n) is 11.4. The molecule has 5 aliphatic rings. The summed E-state index contributed by atoms with van der Waals surface area (Å²) >= 11 is 0. The molecule has 0 heterocycles. The zero-order chi connectivity index (χ0) is 24.8. The lowest BCUT2D eigenvalue weighted by molar-refractivity contribution is -0.188. The van der Waals surface area contributed by atoms with E-state index in [1.54, 1.807) is 0 Å². The number of rotatable bonds is 3. The van der Waals surface area contributed by atoms with Gasteiger partial charge in [-0.15, -0.1) is 0 Å². The Morgan fingerprint density at radius 3 is 2.26 bits per heavy atom. The number of fused-ring (bicyclic) bond motifs is 7. The van der Waals surface area contributed by atoms with Gasteiger partial charge < -0.3 is 10.1 Å². The summed E-state index contributed by atoms with van der Waals surface area (Å²) in [6.07, 6.45) is 16.5. The summed E-state index contributed by atoms with van der Waals surface area (Å²) in [6, 6.07) is 0.661. The van der Waals surface area contributed by atoms with E-state index in [0.29, 0.717) is 38.5 Å². The number of hydrogen-bond donors (Lipinski definition) is 1. The van der Waals surface area contributed by atoms with E-state index in [9.17, 15) is 0 Å². The van der Waals surface area contributed by atoms with Crippen molar-refractivity contribution in [3.63, 3.8) is 0 Å². The van der Waals surface area contributed by atoms with Crippen LogP contribution >= 0.6 is 0 Å². The minimum Gasteiger partial charge on any atom is -0.384 e. The number of ether oxygens (including phenoxy) is 1. The molecule has 34 heavy (non-hydrogen) atoms. The Morgan fingerprint density at radius 2 is 1.59 bits per heavy atom. The van der Waals surface area contributed by atoms with Gasteiger partial charge >= 0.3 is 0 Å². The monoisotopic (exact) mass is 469 g/mol. The van der Waals surface area contributed by atoms with Gasteiger partial charge in [-0.05, 0) is 116 Å². The Kier molecular flexibility index (Phi) is 5.83. The van der Waals surface area contributed by atoms with Gasteiger partial charge in [0.05, 0.1) is 6.61 Å². The number of allylic oxidation sites excluding steroid dienone is 2. The molecule has 0 amide bonds. The van der Waals surface area contributed by atoms with Crippen molar-refractivity contribution < 1.29 is 4.74 Å². The van der Waals surface area contributed by atoms with Crippen LogP contribution in [0.3, 0.4) is 0 Å². The highest BCUT2D eigenvalue weighted by atomic mass is 16.5. The third-order valence-electron chi connectivity index (χ3n) is 13.6. The summed E-state index contributed by atoms with van der Waals surface area (Å²) in [5.41, 5.74) is 4.32. The first kappa shape index (κ1) is 25.3. The molecule has 5 rings (SSSR count). The summed E-state index contributed by atoms with van der Waals surface area (Å²) < 4.78 is 5.95. The molecule has 0 aromatic heterocycles. The van der Waals surface area contributed by atoms with E-state index < -0.39 is 0 Å². The Balaban J connectivity index is 1.56. The molecule has 0 aromatic carbocycles. The van der Waals surface area contributed by atoms with Crippen molar-refractivity contribution in [3.8, 4) is 0 Å². The molecule has 2 heteroatoms. The predicted octanol–water partition coefficient (Wildman–Crippen LogP) is 8.02. The van der Waals surface area contributed by atoms with Crippen LogP contribution < -0.4 is 5.32 Å². The zero-order valence-electron chi connectivity index (χ0n) is 24.1. The highest BCUT2D eigenvalue weighted by molar-refractivity contribution is 5.34. The maximum atomic E-state index is 5.95. The highest BCUT2D eigenvalue weighted by Gasteiger charge is 2.68. The summed E-state index contributed by atoms with van der Waals surface area (Å²) in [7, 11) is 4.13. The van der Waals surface area contributed by atoms with Crippen LogP contribution in [0.4, 0.5) is 0 Å². The van der Waals surface area contributed by atoms with Crippen molar-refractivity contribution in [3.05, 3.63) is 11.6 Å². The third-order valence-corrected chi connectivity index (χ3v) is 13.6. The Morgan fingerprint density at radius 1 is 0.882 bits per heavy atom. The fourth-order valence-corrected chi connectivity index (χ4v) is 11.4. The van der Waals surface area contributed by atoms with Gasteiger partial charge in [0, 0.05) is 18.6 Å². The quantitative estimate of drug-likeness (QED) is 0.422. The van der Waals surface area contributed by atoms with Crippen LogP contribution in [-0.2, 0) is 4.74 Å². The minimum atomic E-state index is 0.350. The van der Waals surface area contributed by atoms with E-state index in [1.807, 2.05) is 12.7 Å². The Labute approximate surface area is 211 Å². The van der Waals surface area contributed by atoms with Crippen molar-refractivity contribution in [1.29, 1.82) is 0 Å². The maximum absolute atomic E-state index is 5.95. The molecule has 0 aromatic rings. The first-order chi connectivity index (χ1) is 15.8. The molecule has 1 N–H and O–H groups in total. The van der Waals surface area contributed by atoms with Crippen molar-refractivity contribution >= 4 is 0 Å². The molecular weight excluding hydrogens is 414 g/mol. The van der Waals surface area contributed by atoms with Gasteiger partial charge in [-0.3, -0.25) is 0 Å². The molecule has 194 valence electrons. The average Bonchev–Trinajstić information content (AvgIpc) is 2.75. The normalized spacial score (nSPS) is 51.4. The lowest BCUT2D eigenvalue weighted by Crippen LogP contribution is -2.65. The van der Waals surface area contributed by atoms with Crippen molar-refractivity contribution in [2.24, 2.45) is 50.2 Å². The molecule has 5 aliphatic carbocycles. The van der Waals surface area contributed by atoms with Gasteiger partial charge in [-0.1, -0.05) is 60.1 Å². The first-order valence-electron chi connectivity index (χ1n) is 14.7.